The van der Waals surface area contributed by atoms with Gasteiger partial charge in [0.2, 0.25) is 0 Å². The zero-order valence-electron chi connectivity index (χ0n) is 13.8. The van der Waals surface area contributed by atoms with Gasteiger partial charge in [0, 0.05) is 6.54 Å². The lowest BCUT2D eigenvalue weighted by molar-refractivity contribution is 0.208. The van der Waals surface area contributed by atoms with Gasteiger partial charge >= 0.3 is 0 Å². The minimum Gasteiger partial charge on any atom is -0.316 e. The molecule has 20 heavy (non-hydrogen) atoms. The van der Waals surface area contributed by atoms with Crippen molar-refractivity contribution in [1.82, 2.24) is 5.32 Å². The van der Waals surface area contributed by atoms with Gasteiger partial charge in [-0.15, -0.1) is 0 Å². The molecule has 114 valence electrons. The third-order valence-corrected chi connectivity index (χ3v) is 4.58. The zero-order chi connectivity index (χ0) is 14.7. The largest absolute Gasteiger partial charge is 0.316 e. The van der Waals surface area contributed by atoms with Crippen LogP contribution in [-0.4, -0.2) is 13.1 Å². The van der Waals surface area contributed by atoms with E-state index < -0.39 is 0 Å². The van der Waals surface area contributed by atoms with Crippen LogP contribution in [0.4, 0.5) is 0 Å². The van der Waals surface area contributed by atoms with Gasteiger partial charge in [0.1, 0.15) is 0 Å². The molecule has 1 rings (SSSR count). The number of aryl methyl sites for hydroxylation is 1. The van der Waals surface area contributed by atoms with Gasteiger partial charge in [-0.3, -0.25) is 0 Å². The third kappa shape index (κ3) is 6.09. The van der Waals surface area contributed by atoms with E-state index in [0.29, 0.717) is 5.41 Å². The van der Waals surface area contributed by atoms with Crippen LogP contribution in [0.25, 0.3) is 0 Å². The van der Waals surface area contributed by atoms with Crippen molar-refractivity contribution in [2.75, 3.05) is 13.1 Å². The van der Waals surface area contributed by atoms with Crippen molar-refractivity contribution in [2.45, 2.75) is 65.7 Å². The van der Waals surface area contributed by atoms with Crippen molar-refractivity contribution in [3.8, 4) is 0 Å². The summed E-state index contributed by atoms with van der Waals surface area (Å²) in [5.41, 5.74) is 2.00. The molecule has 0 saturated heterocycles. The fourth-order valence-electron chi connectivity index (χ4n) is 3.03. The van der Waals surface area contributed by atoms with Gasteiger partial charge in [0.25, 0.3) is 0 Å². The van der Waals surface area contributed by atoms with Gasteiger partial charge in [-0.1, -0.05) is 63.9 Å². The molecule has 0 radical (unpaired) electrons. The quantitative estimate of drug-likeness (QED) is 0.585. The second-order valence-corrected chi connectivity index (χ2v) is 6.08. The van der Waals surface area contributed by atoms with Gasteiger partial charge in [-0.2, -0.15) is 0 Å². The Kier molecular flexibility index (Phi) is 8.60. The molecule has 1 nitrogen and oxygen atoms in total. The highest BCUT2D eigenvalue weighted by molar-refractivity contribution is 5.14. The highest BCUT2D eigenvalue weighted by Gasteiger charge is 2.26. The molecule has 0 heterocycles. The summed E-state index contributed by atoms with van der Waals surface area (Å²) < 4.78 is 0. The minimum atomic E-state index is 0.515. The predicted octanol–water partition coefficient (Wildman–Crippen LogP) is 5.21. The van der Waals surface area contributed by atoms with Crippen LogP contribution in [0.2, 0.25) is 0 Å². The Morgan fingerprint density at radius 2 is 1.65 bits per heavy atom. The van der Waals surface area contributed by atoms with Gasteiger partial charge in [-0.05, 0) is 49.6 Å². The number of hydrogen-bond acceptors (Lipinski definition) is 1. The van der Waals surface area contributed by atoms with Crippen LogP contribution >= 0.6 is 0 Å². The number of nitrogens with one attached hydrogen (secondary N) is 1. The van der Waals surface area contributed by atoms with E-state index in [1.165, 1.54) is 57.1 Å². The SMILES string of the molecule is CCCCC(CC)(CCCc1ccccc1)CNCC. The third-order valence-electron chi connectivity index (χ3n) is 4.58. The maximum absolute atomic E-state index is 3.60. The minimum absolute atomic E-state index is 0.515. The summed E-state index contributed by atoms with van der Waals surface area (Å²) in [6.07, 6.45) is 9.24. The van der Waals surface area contributed by atoms with Crippen molar-refractivity contribution < 1.29 is 0 Å². The van der Waals surface area contributed by atoms with E-state index in [1.807, 2.05) is 0 Å². The van der Waals surface area contributed by atoms with Crippen molar-refractivity contribution in [3.05, 3.63) is 35.9 Å². The summed E-state index contributed by atoms with van der Waals surface area (Å²) in [5.74, 6) is 0. The van der Waals surface area contributed by atoms with Crippen LogP contribution < -0.4 is 5.32 Å². The lowest BCUT2D eigenvalue weighted by Gasteiger charge is -2.33. The van der Waals surface area contributed by atoms with E-state index >= 15 is 0 Å². The molecule has 0 saturated carbocycles. The molecule has 0 aliphatic rings. The summed E-state index contributed by atoms with van der Waals surface area (Å²) in [6, 6.07) is 10.9. The maximum atomic E-state index is 3.60. The molecule has 0 aliphatic heterocycles. The fraction of sp³-hybridized carbons (Fsp3) is 0.684. The van der Waals surface area contributed by atoms with E-state index in [2.05, 4.69) is 56.4 Å². The molecule has 0 amide bonds. The lowest BCUT2D eigenvalue weighted by Crippen LogP contribution is -2.34. The second kappa shape index (κ2) is 9.99. The standard InChI is InChI=1S/C19H33N/c1-4-7-15-19(5-2,17-20-6-3)16-11-14-18-12-9-8-10-13-18/h8-10,12-13,20H,4-7,11,14-17H2,1-3H3. The lowest BCUT2D eigenvalue weighted by atomic mass is 9.75. The van der Waals surface area contributed by atoms with Gasteiger partial charge < -0.3 is 5.32 Å². The van der Waals surface area contributed by atoms with E-state index in [1.54, 1.807) is 0 Å². The van der Waals surface area contributed by atoms with Crippen LogP contribution in [-0.2, 0) is 6.42 Å². The molecule has 0 aliphatic carbocycles. The maximum Gasteiger partial charge on any atom is 0.000759 e. The Labute approximate surface area is 126 Å². The average Bonchev–Trinajstić information content (AvgIpc) is 2.51. The summed E-state index contributed by atoms with van der Waals surface area (Å²) in [5, 5.41) is 3.60. The molecular weight excluding hydrogens is 242 g/mol. The molecule has 1 aromatic rings. The molecule has 1 N–H and O–H groups in total. The first kappa shape index (κ1) is 17.2. The van der Waals surface area contributed by atoms with Gasteiger partial charge in [0.15, 0.2) is 0 Å². The molecular formula is C19H33N. The van der Waals surface area contributed by atoms with Crippen LogP contribution in [0.3, 0.4) is 0 Å². The molecule has 1 aromatic carbocycles. The Morgan fingerprint density at radius 3 is 2.25 bits per heavy atom. The monoisotopic (exact) mass is 275 g/mol. The molecule has 0 spiro atoms. The van der Waals surface area contributed by atoms with Crippen molar-refractivity contribution in [3.63, 3.8) is 0 Å². The smallest absolute Gasteiger partial charge is 0.000759 e. The summed E-state index contributed by atoms with van der Waals surface area (Å²) >= 11 is 0. The van der Waals surface area contributed by atoms with Crippen LogP contribution in [0.15, 0.2) is 30.3 Å². The van der Waals surface area contributed by atoms with Gasteiger partial charge in [0.05, 0.1) is 0 Å². The predicted molar refractivity (Wildman–Crippen MR) is 90.2 cm³/mol. The first-order valence-electron chi connectivity index (χ1n) is 8.51. The highest BCUT2D eigenvalue weighted by atomic mass is 14.9. The summed E-state index contributed by atoms with van der Waals surface area (Å²) in [6.45, 7) is 9.17. The molecule has 0 aromatic heterocycles. The van der Waals surface area contributed by atoms with Gasteiger partial charge in [-0.25, -0.2) is 0 Å². The first-order chi connectivity index (χ1) is 9.76. The second-order valence-electron chi connectivity index (χ2n) is 6.08. The number of hydrogen-bond donors (Lipinski definition) is 1. The van der Waals surface area contributed by atoms with Crippen LogP contribution in [0.1, 0.15) is 64.9 Å². The first-order valence-corrected chi connectivity index (χ1v) is 8.51. The molecule has 1 heteroatoms. The fourth-order valence-corrected chi connectivity index (χ4v) is 3.03. The van der Waals surface area contributed by atoms with E-state index in [0.717, 1.165) is 6.54 Å². The molecule has 1 unspecified atom stereocenters. The molecule has 0 fully saturated rings. The highest BCUT2D eigenvalue weighted by Crippen LogP contribution is 2.34. The summed E-state index contributed by atoms with van der Waals surface area (Å²) in [4.78, 5) is 0. The Morgan fingerprint density at radius 1 is 0.950 bits per heavy atom. The van der Waals surface area contributed by atoms with Crippen molar-refractivity contribution in [1.29, 1.82) is 0 Å². The van der Waals surface area contributed by atoms with Crippen LogP contribution in [0.5, 0.6) is 0 Å². The Bertz CT molecular complexity index is 323. The number of benzene rings is 1. The van der Waals surface area contributed by atoms with E-state index in [9.17, 15) is 0 Å². The van der Waals surface area contributed by atoms with Crippen molar-refractivity contribution in [2.24, 2.45) is 5.41 Å². The van der Waals surface area contributed by atoms with E-state index in [-0.39, 0.29) is 0 Å². The Hall–Kier alpha value is -0.820. The molecule has 1 atom stereocenters. The Balaban J connectivity index is 2.49. The molecule has 0 bridgehead atoms. The van der Waals surface area contributed by atoms with Crippen LogP contribution in [0, 0.1) is 5.41 Å². The van der Waals surface area contributed by atoms with Crippen molar-refractivity contribution >= 4 is 0 Å². The summed E-state index contributed by atoms with van der Waals surface area (Å²) in [7, 11) is 0. The number of rotatable bonds is 11. The zero-order valence-corrected chi connectivity index (χ0v) is 13.8. The average molecular weight is 275 g/mol. The number of unbranched alkanes of at least 4 members (excludes halogenated alkanes) is 1. The van der Waals surface area contributed by atoms with E-state index in [4.69, 9.17) is 0 Å². The normalized spacial score (nSPS) is 14.2. The topological polar surface area (TPSA) is 12.0 Å².